The average Bonchev–Trinajstić information content (AvgIpc) is 2.74. The van der Waals surface area contributed by atoms with Gasteiger partial charge in [0.1, 0.15) is 0 Å². The predicted octanol–water partition coefficient (Wildman–Crippen LogP) is 2.34. The van der Waals surface area contributed by atoms with Crippen molar-refractivity contribution in [3.63, 3.8) is 0 Å². The Morgan fingerprint density at radius 3 is 2.16 bits per heavy atom. The second-order valence-corrected chi connectivity index (χ2v) is 7.89. The lowest BCUT2D eigenvalue weighted by molar-refractivity contribution is 0.232. The molecule has 0 heterocycles. The number of benzene rings is 2. The smallest absolute Gasteiger partial charge is 0.294 e. The minimum atomic E-state index is -4.02. The zero-order chi connectivity index (χ0) is 23.6. The van der Waals surface area contributed by atoms with Crippen molar-refractivity contribution >= 4 is 38.2 Å². The number of guanidine groups is 1. The van der Waals surface area contributed by atoms with Crippen LogP contribution in [0.2, 0.25) is 0 Å². The van der Waals surface area contributed by atoms with Crippen LogP contribution in [0, 0.1) is 6.92 Å². The van der Waals surface area contributed by atoms with E-state index in [1.54, 1.807) is 23.7 Å². The van der Waals surface area contributed by atoms with E-state index in [1.165, 1.54) is 39.7 Å². The first-order valence-electron chi connectivity index (χ1n) is 8.38. The van der Waals surface area contributed by atoms with E-state index in [4.69, 9.17) is 29.7 Å². The summed E-state index contributed by atoms with van der Waals surface area (Å²) in [5.41, 5.74) is 8.48. The van der Waals surface area contributed by atoms with Gasteiger partial charge in [-0.3, -0.25) is 9.76 Å². The lowest BCUT2D eigenvalue weighted by atomic mass is 10.2. The number of aryl methyl sites for hydroxylation is 1. The number of ether oxygens (including phenoxy) is 3. The van der Waals surface area contributed by atoms with Gasteiger partial charge in [-0.25, -0.2) is 5.48 Å². The molecule has 0 aliphatic rings. The molecule has 13 heteroatoms. The maximum absolute atomic E-state index is 10.5. The van der Waals surface area contributed by atoms with Crippen LogP contribution in [0.4, 0.5) is 0 Å². The first-order valence-corrected chi connectivity index (χ1v) is 10.6. The highest BCUT2D eigenvalue weighted by Crippen LogP contribution is 2.44. The Morgan fingerprint density at radius 2 is 1.71 bits per heavy atom. The lowest BCUT2D eigenvalue weighted by Crippen LogP contribution is -2.27. The van der Waals surface area contributed by atoms with Crippen LogP contribution in [0.3, 0.4) is 0 Å². The number of hydrogen-bond acceptors (Lipinski definition) is 8. The van der Waals surface area contributed by atoms with Gasteiger partial charge in [-0.1, -0.05) is 17.7 Å². The number of rotatable bonds is 6. The molecule has 0 aromatic heterocycles. The summed E-state index contributed by atoms with van der Waals surface area (Å²) in [7, 11) is 0.513. The standard InChI is InChI=1S/C11H15BrN4O4.C7H8O3S/c1-18-7-4-6(5-14-15-11(13)16-17)8(12)10(20-3)9(7)19-2;1-6-2-4-7(5-3-6)11(8,9)10/h4-5,17H,1-3H3,(H3,13,15,16);2-5H,1H3,(H,8,9,10)/b14-5+;. The summed E-state index contributed by atoms with van der Waals surface area (Å²) in [4.78, 5) is -0.0666. The Hall–Kier alpha value is -2.87. The van der Waals surface area contributed by atoms with Gasteiger partial charge in [0.25, 0.3) is 10.1 Å². The van der Waals surface area contributed by atoms with Crippen LogP contribution >= 0.6 is 15.9 Å². The molecule has 0 aliphatic carbocycles. The third-order valence-corrected chi connectivity index (χ3v) is 5.28. The quantitative estimate of drug-likeness (QED) is 0.194. The van der Waals surface area contributed by atoms with Gasteiger partial charge in [0.15, 0.2) is 11.5 Å². The van der Waals surface area contributed by atoms with E-state index in [2.05, 4.69) is 26.1 Å². The number of halogens is 1. The van der Waals surface area contributed by atoms with Gasteiger partial charge >= 0.3 is 0 Å². The van der Waals surface area contributed by atoms with Crippen molar-refractivity contribution in [1.29, 1.82) is 0 Å². The highest BCUT2D eigenvalue weighted by Gasteiger charge is 2.18. The fourth-order valence-corrected chi connectivity index (χ4v) is 3.16. The summed E-state index contributed by atoms with van der Waals surface area (Å²) in [5, 5.41) is 15.7. The first-order chi connectivity index (χ1) is 14.6. The predicted molar refractivity (Wildman–Crippen MR) is 119 cm³/mol. The molecule has 31 heavy (non-hydrogen) atoms. The van der Waals surface area contributed by atoms with Crippen molar-refractivity contribution in [2.45, 2.75) is 11.8 Å². The van der Waals surface area contributed by atoms with Crippen LogP contribution in [0.15, 0.2) is 49.9 Å². The number of nitrogens with zero attached hydrogens (tertiary/aromatic N) is 2. The third-order valence-electron chi connectivity index (χ3n) is 3.59. The molecule has 2 aromatic rings. The van der Waals surface area contributed by atoms with Crippen molar-refractivity contribution in [3.8, 4) is 17.2 Å². The van der Waals surface area contributed by atoms with E-state index in [9.17, 15) is 8.42 Å². The summed E-state index contributed by atoms with van der Waals surface area (Å²) >= 11 is 3.38. The molecular weight excluding hydrogens is 496 g/mol. The van der Waals surface area contributed by atoms with E-state index in [0.717, 1.165) is 5.56 Å². The number of nitrogens with one attached hydrogen (secondary N) is 1. The maximum atomic E-state index is 10.5. The fraction of sp³-hybridized carbons (Fsp3) is 0.222. The van der Waals surface area contributed by atoms with Gasteiger partial charge in [0.05, 0.1) is 36.9 Å². The van der Waals surface area contributed by atoms with Gasteiger partial charge in [-0.15, -0.1) is 5.10 Å². The molecule has 170 valence electrons. The summed E-state index contributed by atoms with van der Waals surface area (Å²) in [6, 6.07) is 7.68. The SMILES string of the molecule is COc1cc(/C=N/N=C(\N)NO)c(Br)c(OC)c1OC.Cc1ccc(S(=O)(=O)O)cc1. The van der Waals surface area contributed by atoms with Crippen LogP contribution in [-0.2, 0) is 10.1 Å². The first kappa shape index (κ1) is 26.2. The minimum Gasteiger partial charge on any atom is -0.493 e. The zero-order valence-electron chi connectivity index (χ0n) is 17.2. The fourth-order valence-electron chi connectivity index (χ4n) is 2.12. The second kappa shape index (κ2) is 12.1. The Kier molecular flexibility index (Phi) is 10.2. The number of methoxy groups -OCH3 is 3. The van der Waals surface area contributed by atoms with E-state index in [-0.39, 0.29) is 10.9 Å². The van der Waals surface area contributed by atoms with Crippen LogP contribution in [0.25, 0.3) is 0 Å². The molecule has 0 saturated carbocycles. The molecule has 0 aliphatic heterocycles. The molecule has 11 nitrogen and oxygen atoms in total. The molecule has 0 amide bonds. The van der Waals surface area contributed by atoms with Crippen LogP contribution < -0.4 is 25.4 Å². The van der Waals surface area contributed by atoms with E-state index in [1.807, 2.05) is 6.92 Å². The molecule has 0 spiro atoms. The van der Waals surface area contributed by atoms with Crippen molar-refractivity contribution in [2.75, 3.05) is 21.3 Å². The van der Waals surface area contributed by atoms with Gasteiger partial charge in [-0.05, 0) is 41.1 Å². The van der Waals surface area contributed by atoms with Crippen molar-refractivity contribution < 1.29 is 32.4 Å². The molecule has 0 radical (unpaired) electrons. The molecular formula is C18H23BrN4O7S. The second-order valence-electron chi connectivity index (χ2n) is 5.68. The Balaban J connectivity index is 0.000000367. The van der Waals surface area contributed by atoms with Crippen molar-refractivity contribution in [2.24, 2.45) is 15.9 Å². The third kappa shape index (κ3) is 7.71. The number of hydrogen-bond donors (Lipinski definition) is 4. The zero-order valence-corrected chi connectivity index (χ0v) is 19.6. The van der Waals surface area contributed by atoms with Gasteiger partial charge in [-0.2, -0.15) is 13.5 Å². The van der Waals surface area contributed by atoms with E-state index in [0.29, 0.717) is 27.3 Å². The van der Waals surface area contributed by atoms with E-state index < -0.39 is 10.1 Å². The molecule has 0 fully saturated rings. The van der Waals surface area contributed by atoms with Gasteiger partial charge in [0, 0.05) is 5.56 Å². The highest BCUT2D eigenvalue weighted by atomic mass is 79.9. The number of nitrogens with two attached hydrogens (primary N) is 1. The monoisotopic (exact) mass is 518 g/mol. The molecule has 0 unspecified atom stereocenters. The summed E-state index contributed by atoms with van der Waals surface area (Å²) in [6.07, 6.45) is 1.42. The normalized spacial score (nSPS) is 11.5. The Morgan fingerprint density at radius 1 is 1.13 bits per heavy atom. The van der Waals surface area contributed by atoms with Gasteiger partial charge in [0.2, 0.25) is 11.7 Å². The Bertz CT molecular complexity index is 1040. The largest absolute Gasteiger partial charge is 0.493 e. The van der Waals surface area contributed by atoms with Crippen LogP contribution in [-0.4, -0.2) is 51.7 Å². The lowest BCUT2D eigenvalue weighted by Gasteiger charge is -2.14. The Labute approximate surface area is 188 Å². The van der Waals surface area contributed by atoms with Crippen molar-refractivity contribution in [3.05, 3.63) is 45.9 Å². The van der Waals surface area contributed by atoms with Crippen molar-refractivity contribution in [1.82, 2.24) is 5.48 Å². The summed E-state index contributed by atoms with van der Waals surface area (Å²) in [5.74, 6) is 1.17. The maximum Gasteiger partial charge on any atom is 0.294 e. The summed E-state index contributed by atoms with van der Waals surface area (Å²) in [6.45, 7) is 1.84. The van der Waals surface area contributed by atoms with E-state index >= 15 is 0 Å². The highest BCUT2D eigenvalue weighted by molar-refractivity contribution is 9.10. The average molecular weight is 519 g/mol. The molecule has 5 N–H and O–H groups in total. The van der Waals surface area contributed by atoms with Crippen LogP contribution in [0.5, 0.6) is 17.2 Å². The van der Waals surface area contributed by atoms with Gasteiger partial charge < -0.3 is 19.9 Å². The number of hydroxylamine groups is 1. The summed E-state index contributed by atoms with van der Waals surface area (Å²) < 4.78 is 45.9. The topological polar surface area (TPSA) is 165 Å². The molecule has 2 aromatic carbocycles. The minimum absolute atomic E-state index is 0.0666. The van der Waals surface area contributed by atoms with Crippen LogP contribution in [0.1, 0.15) is 11.1 Å². The molecule has 0 bridgehead atoms. The molecule has 0 atom stereocenters. The molecule has 2 rings (SSSR count). The molecule has 0 saturated heterocycles.